The monoisotopic (exact) mass is 393 g/mol. The van der Waals surface area contributed by atoms with E-state index < -0.39 is 0 Å². The number of carbonyl (C=O) groups excluding carboxylic acids is 1. The third-order valence-electron chi connectivity index (χ3n) is 4.93. The number of hydrogen-bond acceptors (Lipinski definition) is 5. The number of hydrogen-bond donors (Lipinski definition) is 0. The molecule has 0 atom stereocenters. The van der Waals surface area contributed by atoms with Gasteiger partial charge in [-0.25, -0.2) is 4.68 Å². The highest BCUT2D eigenvalue weighted by atomic mass is 16.5. The van der Waals surface area contributed by atoms with Crippen molar-refractivity contribution in [3.63, 3.8) is 0 Å². The van der Waals surface area contributed by atoms with E-state index in [0.717, 1.165) is 11.3 Å². The van der Waals surface area contributed by atoms with Crippen molar-refractivity contribution >= 4 is 5.91 Å². The van der Waals surface area contributed by atoms with Gasteiger partial charge in [-0.3, -0.25) is 4.79 Å². The molecule has 1 aliphatic rings. The van der Waals surface area contributed by atoms with Gasteiger partial charge in [-0.2, -0.15) is 5.10 Å². The van der Waals surface area contributed by atoms with Crippen LogP contribution >= 0.6 is 0 Å². The Morgan fingerprint density at radius 1 is 1.03 bits per heavy atom. The van der Waals surface area contributed by atoms with Gasteiger partial charge in [0.2, 0.25) is 0 Å². The zero-order chi connectivity index (χ0) is 20.2. The SMILES string of the molecule is COc1ccc(-c2nn(-c3ccccc3)cc2C(=O)N2CCOCC2)c(OC)c1. The number of methoxy groups -OCH3 is 2. The minimum atomic E-state index is -0.0663. The molecular formula is C22H23N3O4. The van der Waals surface area contributed by atoms with E-state index in [2.05, 4.69) is 0 Å². The topological polar surface area (TPSA) is 65.8 Å². The van der Waals surface area contributed by atoms with Crippen molar-refractivity contribution in [3.8, 4) is 28.4 Å². The molecule has 0 N–H and O–H groups in total. The highest BCUT2D eigenvalue weighted by Crippen LogP contribution is 2.35. The Hall–Kier alpha value is -3.32. The lowest BCUT2D eigenvalue weighted by molar-refractivity contribution is 0.0303. The lowest BCUT2D eigenvalue weighted by Gasteiger charge is -2.26. The number of benzene rings is 2. The van der Waals surface area contributed by atoms with E-state index in [1.165, 1.54) is 0 Å². The normalized spacial score (nSPS) is 13.9. The molecule has 2 aromatic carbocycles. The molecule has 0 spiro atoms. The van der Waals surface area contributed by atoms with Crippen LogP contribution in [0.25, 0.3) is 16.9 Å². The Morgan fingerprint density at radius 3 is 2.48 bits per heavy atom. The van der Waals surface area contributed by atoms with Gasteiger partial charge < -0.3 is 19.1 Å². The zero-order valence-electron chi connectivity index (χ0n) is 16.5. The maximum absolute atomic E-state index is 13.3. The number of nitrogens with zero attached hydrogens (tertiary/aromatic N) is 3. The van der Waals surface area contributed by atoms with Crippen LogP contribution in [0.15, 0.2) is 54.7 Å². The molecule has 1 fully saturated rings. The average Bonchev–Trinajstić information content (AvgIpc) is 3.24. The molecule has 150 valence electrons. The molecule has 0 unspecified atom stereocenters. The molecule has 0 aliphatic carbocycles. The Kier molecular flexibility index (Phi) is 5.48. The van der Waals surface area contributed by atoms with Gasteiger partial charge in [-0.15, -0.1) is 0 Å². The molecule has 1 aromatic heterocycles. The summed E-state index contributed by atoms with van der Waals surface area (Å²) in [6, 6.07) is 15.2. The molecule has 0 bridgehead atoms. The lowest BCUT2D eigenvalue weighted by Crippen LogP contribution is -2.40. The molecule has 7 nitrogen and oxygen atoms in total. The molecule has 0 saturated carbocycles. The number of carbonyl (C=O) groups is 1. The number of aromatic nitrogens is 2. The van der Waals surface area contributed by atoms with Crippen LogP contribution in [0.3, 0.4) is 0 Å². The van der Waals surface area contributed by atoms with Gasteiger partial charge in [0.05, 0.1) is 38.7 Å². The van der Waals surface area contributed by atoms with Crippen LogP contribution in [0.4, 0.5) is 0 Å². The van der Waals surface area contributed by atoms with E-state index in [-0.39, 0.29) is 5.91 Å². The van der Waals surface area contributed by atoms with Crippen LogP contribution in [0.2, 0.25) is 0 Å². The van der Waals surface area contributed by atoms with Gasteiger partial charge in [0.25, 0.3) is 5.91 Å². The third kappa shape index (κ3) is 3.82. The first kappa shape index (κ1) is 19.0. The number of para-hydroxylation sites is 1. The largest absolute Gasteiger partial charge is 0.497 e. The summed E-state index contributed by atoms with van der Waals surface area (Å²) in [5, 5.41) is 4.75. The highest BCUT2D eigenvalue weighted by Gasteiger charge is 2.26. The second-order valence-corrected chi connectivity index (χ2v) is 6.64. The zero-order valence-corrected chi connectivity index (χ0v) is 16.5. The van der Waals surface area contributed by atoms with Crippen LogP contribution in [0.5, 0.6) is 11.5 Å². The molecule has 0 radical (unpaired) electrons. The summed E-state index contributed by atoms with van der Waals surface area (Å²) in [7, 11) is 3.20. The van der Waals surface area contributed by atoms with E-state index in [4.69, 9.17) is 19.3 Å². The first-order valence-electron chi connectivity index (χ1n) is 9.46. The molecule has 1 amide bonds. The number of ether oxygens (including phenoxy) is 3. The second-order valence-electron chi connectivity index (χ2n) is 6.64. The summed E-state index contributed by atoms with van der Waals surface area (Å²) in [5.41, 5.74) is 2.71. The fourth-order valence-electron chi connectivity index (χ4n) is 3.37. The van der Waals surface area contributed by atoms with Crippen molar-refractivity contribution in [2.75, 3.05) is 40.5 Å². The van der Waals surface area contributed by atoms with Gasteiger partial charge >= 0.3 is 0 Å². The predicted octanol–water partition coefficient (Wildman–Crippen LogP) is 3.03. The summed E-state index contributed by atoms with van der Waals surface area (Å²) in [6.07, 6.45) is 1.78. The Balaban J connectivity index is 1.83. The predicted molar refractivity (Wildman–Crippen MR) is 109 cm³/mol. The molecule has 4 rings (SSSR count). The second kappa shape index (κ2) is 8.36. The van der Waals surface area contributed by atoms with E-state index in [9.17, 15) is 4.79 Å². The van der Waals surface area contributed by atoms with Crippen LogP contribution in [0.1, 0.15) is 10.4 Å². The van der Waals surface area contributed by atoms with Gasteiger partial charge in [-0.05, 0) is 24.3 Å². The number of morpholine rings is 1. The van der Waals surface area contributed by atoms with Crippen LogP contribution in [0, 0.1) is 0 Å². The summed E-state index contributed by atoms with van der Waals surface area (Å²) < 4.78 is 18.0. The van der Waals surface area contributed by atoms with Crippen LogP contribution in [-0.2, 0) is 4.74 Å². The van der Waals surface area contributed by atoms with Gasteiger partial charge in [0.15, 0.2) is 0 Å². The van der Waals surface area contributed by atoms with Gasteiger partial charge in [-0.1, -0.05) is 18.2 Å². The van der Waals surface area contributed by atoms with E-state index >= 15 is 0 Å². The Bertz CT molecular complexity index is 995. The minimum Gasteiger partial charge on any atom is -0.497 e. The number of amides is 1. The van der Waals surface area contributed by atoms with E-state index in [0.29, 0.717) is 49.1 Å². The van der Waals surface area contributed by atoms with Crippen molar-refractivity contribution in [2.24, 2.45) is 0 Å². The van der Waals surface area contributed by atoms with E-state index in [1.54, 1.807) is 36.1 Å². The standard InChI is InChI=1S/C22H23N3O4/c1-27-17-8-9-18(20(14-17)28-2)21-19(22(26)24-10-12-29-13-11-24)15-25(23-21)16-6-4-3-5-7-16/h3-9,14-15H,10-13H2,1-2H3. The average molecular weight is 393 g/mol. The van der Waals surface area contributed by atoms with Gasteiger partial charge in [0.1, 0.15) is 17.2 Å². The number of rotatable bonds is 5. The van der Waals surface area contributed by atoms with Crippen molar-refractivity contribution in [3.05, 3.63) is 60.3 Å². The molecule has 7 heteroatoms. The molecule has 29 heavy (non-hydrogen) atoms. The molecule has 1 aliphatic heterocycles. The Labute approximate surface area is 169 Å². The van der Waals surface area contributed by atoms with E-state index in [1.807, 2.05) is 42.5 Å². The van der Waals surface area contributed by atoms with Crippen LogP contribution < -0.4 is 9.47 Å². The quantitative estimate of drug-likeness (QED) is 0.667. The van der Waals surface area contributed by atoms with Crippen LogP contribution in [-0.4, -0.2) is 61.1 Å². The van der Waals surface area contributed by atoms with Crippen molar-refractivity contribution < 1.29 is 19.0 Å². The van der Waals surface area contributed by atoms with Gasteiger partial charge in [0, 0.05) is 30.9 Å². The first-order chi connectivity index (χ1) is 14.2. The molecular weight excluding hydrogens is 370 g/mol. The molecule has 2 heterocycles. The van der Waals surface area contributed by atoms with Crippen molar-refractivity contribution in [1.29, 1.82) is 0 Å². The smallest absolute Gasteiger partial charge is 0.257 e. The summed E-state index contributed by atoms with van der Waals surface area (Å²) in [4.78, 5) is 15.1. The highest BCUT2D eigenvalue weighted by molar-refractivity contribution is 6.00. The van der Waals surface area contributed by atoms with Crippen molar-refractivity contribution in [2.45, 2.75) is 0 Å². The Morgan fingerprint density at radius 2 is 1.79 bits per heavy atom. The maximum atomic E-state index is 13.3. The minimum absolute atomic E-state index is 0.0663. The maximum Gasteiger partial charge on any atom is 0.257 e. The summed E-state index contributed by atoms with van der Waals surface area (Å²) >= 11 is 0. The summed E-state index contributed by atoms with van der Waals surface area (Å²) in [5.74, 6) is 1.20. The molecule has 3 aromatic rings. The first-order valence-corrected chi connectivity index (χ1v) is 9.46. The van der Waals surface area contributed by atoms with Crippen molar-refractivity contribution in [1.82, 2.24) is 14.7 Å². The lowest BCUT2D eigenvalue weighted by atomic mass is 10.1. The fraction of sp³-hybridized carbons (Fsp3) is 0.273. The third-order valence-corrected chi connectivity index (χ3v) is 4.93. The molecule has 1 saturated heterocycles. The fourth-order valence-corrected chi connectivity index (χ4v) is 3.37. The summed E-state index contributed by atoms with van der Waals surface area (Å²) in [6.45, 7) is 2.21.